The quantitative estimate of drug-likeness (QED) is 0.190. The van der Waals surface area contributed by atoms with Gasteiger partial charge in [0, 0.05) is 39.5 Å². The molecule has 8 aromatic carbocycles. The van der Waals surface area contributed by atoms with Gasteiger partial charge in [-0.1, -0.05) is 97.1 Å². The van der Waals surface area contributed by atoms with E-state index in [1.54, 1.807) is 0 Å². The van der Waals surface area contributed by atoms with Crippen LogP contribution in [0.5, 0.6) is 0 Å². The summed E-state index contributed by atoms with van der Waals surface area (Å²) in [5.41, 5.74) is 9.62. The fourth-order valence-electron chi connectivity index (χ4n) is 7.06. The van der Waals surface area contributed by atoms with Crippen LogP contribution in [0.25, 0.3) is 77.2 Å². The zero-order chi connectivity index (χ0) is 32.3. The third-order valence-electron chi connectivity index (χ3n) is 9.45. The van der Waals surface area contributed by atoms with Gasteiger partial charge in [-0.3, -0.25) is 0 Å². The molecule has 0 saturated heterocycles. The molecule has 0 radical (unpaired) electrons. The maximum absolute atomic E-state index is 6.53. The average molecular weight is 629 g/mol. The number of oxazole rings is 1. The molecular formula is C45H28N2O2. The number of anilines is 3. The standard InChI is InChI=1S/C45H28N2O2/c1-2-13-35(14-3-1)47(36-21-19-30(20-22-36)34-18-17-29-9-4-5-10-31(29)25-34)37-23-24-38-42(28-37)48-41-16-8-15-39(44(38)41)45-46-40-26-32-11-6-7-12-33(32)27-43(40)49-45/h1-28H. The third kappa shape index (κ3) is 4.65. The van der Waals surface area contributed by atoms with Gasteiger partial charge in [-0.25, -0.2) is 4.98 Å². The van der Waals surface area contributed by atoms with Crippen LogP contribution in [0.15, 0.2) is 179 Å². The first-order chi connectivity index (χ1) is 24.2. The molecule has 10 rings (SSSR count). The molecule has 2 aromatic heterocycles. The number of rotatable bonds is 5. The molecule has 0 unspecified atom stereocenters. The second kappa shape index (κ2) is 11.0. The Labute approximate surface area is 282 Å². The highest BCUT2D eigenvalue weighted by Crippen LogP contribution is 2.42. The summed E-state index contributed by atoms with van der Waals surface area (Å²) in [7, 11) is 0. The lowest BCUT2D eigenvalue weighted by atomic mass is 10.0. The Morgan fingerprint density at radius 1 is 0.408 bits per heavy atom. The van der Waals surface area contributed by atoms with E-state index in [-0.39, 0.29) is 0 Å². The van der Waals surface area contributed by atoms with Crippen molar-refractivity contribution in [3.8, 4) is 22.6 Å². The van der Waals surface area contributed by atoms with Crippen LogP contribution in [0.2, 0.25) is 0 Å². The van der Waals surface area contributed by atoms with E-state index in [1.807, 2.05) is 30.3 Å². The summed E-state index contributed by atoms with van der Waals surface area (Å²) >= 11 is 0. The Bertz CT molecular complexity index is 2780. The first-order valence-corrected chi connectivity index (χ1v) is 16.4. The maximum Gasteiger partial charge on any atom is 0.228 e. The summed E-state index contributed by atoms with van der Waals surface area (Å²) in [6.45, 7) is 0. The molecular weight excluding hydrogens is 601 g/mol. The molecule has 2 heterocycles. The minimum atomic E-state index is 0.583. The van der Waals surface area contributed by atoms with E-state index < -0.39 is 0 Å². The number of hydrogen-bond donors (Lipinski definition) is 0. The van der Waals surface area contributed by atoms with Crippen molar-refractivity contribution in [3.05, 3.63) is 170 Å². The molecule has 0 aliphatic carbocycles. The number of nitrogens with zero attached hydrogens (tertiary/aromatic N) is 2. The van der Waals surface area contributed by atoms with E-state index >= 15 is 0 Å². The number of benzene rings is 8. The third-order valence-corrected chi connectivity index (χ3v) is 9.45. The van der Waals surface area contributed by atoms with Gasteiger partial charge in [-0.15, -0.1) is 0 Å². The molecule has 0 N–H and O–H groups in total. The molecule has 10 aromatic rings. The molecule has 0 aliphatic heterocycles. The van der Waals surface area contributed by atoms with Crippen molar-refractivity contribution in [2.24, 2.45) is 0 Å². The van der Waals surface area contributed by atoms with Gasteiger partial charge in [0.2, 0.25) is 5.89 Å². The molecule has 0 atom stereocenters. The Balaban J connectivity index is 1.07. The van der Waals surface area contributed by atoms with Crippen molar-refractivity contribution in [1.82, 2.24) is 4.98 Å². The number of hydrogen-bond acceptors (Lipinski definition) is 4. The van der Waals surface area contributed by atoms with Gasteiger partial charge in [-0.2, -0.15) is 0 Å². The van der Waals surface area contributed by atoms with Gasteiger partial charge in [0.15, 0.2) is 5.58 Å². The summed E-state index contributed by atoms with van der Waals surface area (Å²) < 4.78 is 12.9. The highest BCUT2D eigenvalue weighted by atomic mass is 16.3. The molecule has 230 valence electrons. The lowest BCUT2D eigenvalue weighted by Crippen LogP contribution is -2.09. The van der Waals surface area contributed by atoms with Crippen molar-refractivity contribution < 1.29 is 8.83 Å². The zero-order valence-corrected chi connectivity index (χ0v) is 26.4. The summed E-state index contributed by atoms with van der Waals surface area (Å²) in [5, 5.41) is 6.76. The Morgan fingerprint density at radius 3 is 1.90 bits per heavy atom. The molecule has 0 amide bonds. The monoisotopic (exact) mass is 628 g/mol. The van der Waals surface area contributed by atoms with E-state index in [0.29, 0.717) is 5.89 Å². The number of para-hydroxylation sites is 1. The topological polar surface area (TPSA) is 42.4 Å². The average Bonchev–Trinajstić information content (AvgIpc) is 3.75. The van der Waals surface area contributed by atoms with Crippen LogP contribution in [0.3, 0.4) is 0 Å². The molecule has 0 saturated carbocycles. The number of furan rings is 1. The van der Waals surface area contributed by atoms with Gasteiger partial charge in [0.1, 0.15) is 16.7 Å². The first-order valence-electron chi connectivity index (χ1n) is 16.4. The van der Waals surface area contributed by atoms with E-state index in [9.17, 15) is 0 Å². The van der Waals surface area contributed by atoms with E-state index in [0.717, 1.165) is 66.4 Å². The zero-order valence-electron chi connectivity index (χ0n) is 26.4. The number of fused-ring (bicyclic) bond motifs is 6. The van der Waals surface area contributed by atoms with Crippen LogP contribution < -0.4 is 4.90 Å². The van der Waals surface area contributed by atoms with Crippen molar-refractivity contribution in [2.75, 3.05) is 4.90 Å². The van der Waals surface area contributed by atoms with Gasteiger partial charge in [-0.05, 0) is 99.4 Å². The van der Waals surface area contributed by atoms with E-state index in [1.165, 1.54) is 21.9 Å². The molecule has 0 aliphatic rings. The Hall–Kier alpha value is -6.65. The Kier molecular flexibility index (Phi) is 6.15. The second-order valence-electron chi connectivity index (χ2n) is 12.4. The fourth-order valence-corrected chi connectivity index (χ4v) is 7.06. The molecule has 49 heavy (non-hydrogen) atoms. The van der Waals surface area contributed by atoms with E-state index in [2.05, 4.69) is 144 Å². The summed E-state index contributed by atoms with van der Waals surface area (Å²) in [6, 6.07) is 59.3. The van der Waals surface area contributed by atoms with Crippen LogP contribution in [-0.2, 0) is 0 Å². The van der Waals surface area contributed by atoms with Crippen molar-refractivity contribution in [3.63, 3.8) is 0 Å². The minimum Gasteiger partial charge on any atom is -0.456 e. The lowest BCUT2D eigenvalue weighted by molar-refractivity contribution is 0.620. The van der Waals surface area contributed by atoms with Crippen LogP contribution in [0.1, 0.15) is 0 Å². The van der Waals surface area contributed by atoms with Crippen molar-refractivity contribution in [1.29, 1.82) is 0 Å². The van der Waals surface area contributed by atoms with Gasteiger partial charge in [0.05, 0.1) is 0 Å². The number of aromatic nitrogens is 1. The summed E-state index contributed by atoms with van der Waals surface area (Å²) in [5.74, 6) is 0.583. The van der Waals surface area contributed by atoms with Gasteiger partial charge >= 0.3 is 0 Å². The van der Waals surface area contributed by atoms with Gasteiger partial charge in [0.25, 0.3) is 0 Å². The first kappa shape index (κ1) is 27.5. The highest BCUT2D eigenvalue weighted by Gasteiger charge is 2.19. The molecule has 4 heteroatoms. The van der Waals surface area contributed by atoms with Crippen LogP contribution in [-0.4, -0.2) is 4.98 Å². The van der Waals surface area contributed by atoms with Crippen LogP contribution >= 0.6 is 0 Å². The highest BCUT2D eigenvalue weighted by molar-refractivity contribution is 6.12. The largest absolute Gasteiger partial charge is 0.456 e. The van der Waals surface area contributed by atoms with E-state index in [4.69, 9.17) is 13.8 Å². The molecule has 0 spiro atoms. The normalized spacial score (nSPS) is 11.7. The van der Waals surface area contributed by atoms with Gasteiger partial charge < -0.3 is 13.7 Å². The minimum absolute atomic E-state index is 0.583. The van der Waals surface area contributed by atoms with Crippen molar-refractivity contribution in [2.45, 2.75) is 0 Å². The molecule has 0 bridgehead atoms. The smallest absolute Gasteiger partial charge is 0.228 e. The second-order valence-corrected chi connectivity index (χ2v) is 12.4. The predicted molar refractivity (Wildman–Crippen MR) is 202 cm³/mol. The fraction of sp³-hybridized carbons (Fsp3) is 0. The maximum atomic E-state index is 6.53. The molecule has 0 fully saturated rings. The summed E-state index contributed by atoms with van der Waals surface area (Å²) in [6.07, 6.45) is 0. The van der Waals surface area contributed by atoms with Crippen LogP contribution in [0.4, 0.5) is 17.1 Å². The molecule has 4 nitrogen and oxygen atoms in total. The van der Waals surface area contributed by atoms with Crippen molar-refractivity contribution >= 4 is 71.6 Å². The lowest BCUT2D eigenvalue weighted by Gasteiger charge is -2.25. The summed E-state index contributed by atoms with van der Waals surface area (Å²) in [4.78, 5) is 7.19. The predicted octanol–water partition coefficient (Wildman–Crippen LogP) is 12.8. The van der Waals surface area contributed by atoms with Crippen LogP contribution in [0, 0.1) is 0 Å². The Morgan fingerprint density at radius 2 is 1.08 bits per heavy atom. The SMILES string of the molecule is c1ccc(N(c2ccc(-c3ccc4ccccc4c3)cc2)c2ccc3c(c2)oc2cccc(-c4nc5cc6ccccc6cc5o4)c23)cc1.